The predicted molar refractivity (Wildman–Crippen MR) is 148 cm³/mol. The molecule has 1 aliphatic rings. The fourth-order valence-electron chi connectivity index (χ4n) is 5.08. The number of fused-ring (bicyclic) bond motifs is 3. The van der Waals surface area contributed by atoms with Gasteiger partial charge in [0.25, 0.3) is 0 Å². The van der Waals surface area contributed by atoms with Gasteiger partial charge in [0.15, 0.2) is 0 Å². The molecule has 5 aromatic rings. The number of anilines is 1. The Hall–Kier alpha value is -4.56. The second-order valence-electron chi connectivity index (χ2n) is 9.30. The number of benzene rings is 3. The molecule has 0 aliphatic carbocycles. The largest absolute Gasteiger partial charge is 0.497 e. The third kappa shape index (κ3) is 4.42. The van der Waals surface area contributed by atoms with E-state index in [2.05, 4.69) is 9.88 Å². The Labute approximate surface area is 230 Å². The maximum Gasteiger partial charge on any atom is 0.322 e. The number of ether oxygens (including phenoxy) is 1. The van der Waals surface area contributed by atoms with Gasteiger partial charge in [-0.25, -0.2) is 13.9 Å². The van der Waals surface area contributed by atoms with Crippen molar-refractivity contribution in [1.82, 2.24) is 19.2 Å². The summed E-state index contributed by atoms with van der Waals surface area (Å²) in [6.07, 6.45) is 1.99. The number of aromatic nitrogens is 3. The highest BCUT2D eigenvalue weighted by Crippen LogP contribution is 2.39. The summed E-state index contributed by atoms with van der Waals surface area (Å²) < 4.78 is 23.3. The second kappa shape index (κ2) is 9.96. The number of hydrogen-bond acceptors (Lipinski definition) is 3. The number of methoxy groups -OCH3 is 1. The van der Waals surface area contributed by atoms with Gasteiger partial charge in [-0.15, -0.1) is 0 Å². The standard InChI is InChI=1S/C30H25ClFN5O2/c1-19-24-18-36(30(38)33-21-13-14-26(32)25(31)17-21)28(20-8-6-11-23(16-20)39-2)27-12-7-15-35(27)29(24)37(34-19)22-9-4-3-5-10-22/h3-17,28H,18H2,1-2H3,(H,33,38)/t28-/m0/s1. The van der Waals surface area contributed by atoms with Crippen molar-refractivity contribution in [3.8, 4) is 17.3 Å². The number of rotatable bonds is 4. The summed E-state index contributed by atoms with van der Waals surface area (Å²) in [7, 11) is 1.62. The van der Waals surface area contributed by atoms with Crippen molar-refractivity contribution >= 4 is 23.3 Å². The van der Waals surface area contributed by atoms with Crippen LogP contribution in [0.3, 0.4) is 0 Å². The molecule has 6 rings (SSSR count). The lowest BCUT2D eigenvalue weighted by molar-refractivity contribution is 0.194. The number of amides is 2. The number of para-hydroxylation sites is 1. The summed E-state index contributed by atoms with van der Waals surface area (Å²) in [5.74, 6) is 1.00. The molecule has 0 spiro atoms. The molecule has 3 heterocycles. The topological polar surface area (TPSA) is 64.3 Å². The summed E-state index contributed by atoms with van der Waals surface area (Å²) in [5, 5.41) is 7.72. The number of urea groups is 1. The Morgan fingerprint density at radius 1 is 1.05 bits per heavy atom. The monoisotopic (exact) mass is 541 g/mol. The van der Waals surface area contributed by atoms with E-state index < -0.39 is 11.9 Å². The van der Waals surface area contributed by atoms with Crippen molar-refractivity contribution in [2.45, 2.75) is 19.5 Å². The highest BCUT2D eigenvalue weighted by atomic mass is 35.5. The lowest BCUT2D eigenvalue weighted by atomic mass is 10.0. The van der Waals surface area contributed by atoms with Gasteiger partial charge >= 0.3 is 6.03 Å². The highest BCUT2D eigenvalue weighted by molar-refractivity contribution is 6.31. The van der Waals surface area contributed by atoms with Crippen LogP contribution in [-0.4, -0.2) is 32.4 Å². The number of halogens is 2. The smallest absolute Gasteiger partial charge is 0.322 e. The highest BCUT2D eigenvalue weighted by Gasteiger charge is 2.36. The van der Waals surface area contributed by atoms with Gasteiger partial charge in [0.1, 0.15) is 17.4 Å². The first-order chi connectivity index (χ1) is 18.9. The molecule has 0 radical (unpaired) electrons. The summed E-state index contributed by atoms with van der Waals surface area (Å²) in [6, 6.07) is 24.9. The predicted octanol–water partition coefficient (Wildman–Crippen LogP) is 6.91. The van der Waals surface area contributed by atoms with Crippen molar-refractivity contribution in [1.29, 1.82) is 0 Å². The molecule has 2 amide bonds. The summed E-state index contributed by atoms with van der Waals surface area (Å²) >= 11 is 6.00. The molecule has 9 heteroatoms. The van der Waals surface area contributed by atoms with Crippen LogP contribution in [0, 0.1) is 12.7 Å². The van der Waals surface area contributed by atoms with Crippen molar-refractivity contribution in [3.05, 3.63) is 124 Å². The van der Waals surface area contributed by atoms with E-state index in [1.54, 1.807) is 12.0 Å². The van der Waals surface area contributed by atoms with Crippen LogP contribution in [0.25, 0.3) is 11.5 Å². The van der Waals surface area contributed by atoms with Crippen LogP contribution in [0.1, 0.15) is 28.6 Å². The maximum absolute atomic E-state index is 14.0. The third-order valence-electron chi connectivity index (χ3n) is 6.93. The SMILES string of the molecule is COc1cccc([C@H]2c3cccn3-c3c(c(C)nn3-c3ccccc3)CN2C(=O)Nc2ccc(F)c(Cl)c2)c1. The number of aryl methyl sites for hydroxylation is 1. The van der Waals surface area contributed by atoms with Crippen molar-refractivity contribution in [2.24, 2.45) is 0 Å². The molecule has 0 unspecified atom stereocenters. The molecule has 1 atom stereocenters. The Balaban J connectivity index is 1.53. The first kappa shape index (κ1) is 24.8. The average Bonchev–Trinajstić information content (AvgIpc) is 3.51. The van der Waals surface area contributed by atoms with E-state index in [0.29, 0.717) is 11.4 Å². The van der Waals surface area contributed by atoms with Crippen LogP contribution in [0.4, 0.5) is 14.9 Å². The number of carbonyl (C=O) groups excluding carboxylic acids is 1. The maximum atomic E-state index is 14.0. The zero-order valence-corrected chi connectivity index (χ0v) is 22.1. The van der Waals surface area contributed by atoms with E-state index >= 15 is 0 Å². The van der Waals surface area contributed by atoms with Crippen LogP contribution in [-0.2, 0) is 6.54 Å². The number of nitrogens with zero attached hydrogens (tertiary/aromatic N) is 4. The molecule has 39 heavy (non-hydrogen) atoms. The van der Waals surface area contributed by atoms with Gasteiger partial charge in [0, 0.05) is 17.4 Å². The second-order valence-corrected chi connectivity index (χ2v) is 9.71. The van der Waals surface area contributed by atoms with Crippen LogP contribution < -0.4 is 10.1 Å². The van der Waals surface area contributed by atoms with Gasteiger partial charge in [-0.1, -0.05) is 41.9 Å². The van der Waals surface area contributed by atoms with E-state index in [1.807, 2.05) is 84.5 Å². The Morgan fingerprint density at radius 2 is 1.87 bits per heavy atom. The Morgan fingerprint density at radius 3 is 2.64 bits per heavy atom. The number of carbonyl (C=O) groups is 1. The lowest BCUT2D eigenvalue weighted by Gasteiger charge is -2.31. The third-order valence-corrected chi connectivity index (χ3v) is 7.22. The van der Waals surface area contributed by atoms with Crippen LogP contribution >= 0.6 is 11.6 Å². The first-order valence-electron chi connectivity index (χ1n) is 12.4. The first-order valence-corrected chi connectivity index (χ1v) is 12.8. The minimum absolute atomic E-state index is 0.0656. The Bertz CT molecular complexity index is 1680. The van der Waals surface area contributed by atoms with Crippen LogP contribution in [0.15, 0.2) is 91.1 Å². The number of nitrogens with one attached hydrogen (secondary N) is 1. The summed E-state index contributed by atoms with van der Waals surface area (Å²) in [6.45, 7) is 2.22. The molecule has 196 valence electrons. The molecular weight excluding hydrogens is 517 g/mol. The van der Waals surface area contributed by atoms with E-state index in [1.165, 1.54) is 18.2 Å². The zero-order valence-electron chi connectivity index (χ0n) is 21.3. The average molecular weight is 542 g/mol. The van der Waals surface area contributed by atoms with E-state index in [9.17, 15) is 9.18 Å². The van der Waals surface area contributed by atoms with E-state index in [-0.39, 0.29) is 17.6 Å². The van der Waals surface area contributed by atoms with Gasteiger partial charge in [0.2, 0.25) is 0 Å². The van der Waals surface area contributed by atoms with Crippen molar-refractivity contribution < 1.29 is 13.9 Å². The molecule has 2 aromatic heterocycles. The van der Waals surface area contributed by atoms with Gasteiger partial charge < -0.3 is 19.5 Å². The molecule has 3 aromatic carbocycles. The zero-order chi connectivity index (χ0) is 27.1. The summed E-state index contributed by atoms with van der Waals surface area (Å²) in [4.78, 5) is 15.8. The van der Waals surface area contributed by atoms with Crippen LogP contribution in [0.5, 0.6) is 5.75 Å². The summed E-state index contributed by atoms with van der Waals surface area (Å²) in [5.41, 5.74) is 4.79. The molecule has 1 N–H and O–H groups in total. The van der Waals surface area contributed by atoms with Gasteiger partial charge in [0.05, 0.1) is 41.8 Å². The normalized spacial score (nSPS) is 14.4. The van der Waals surface area contributed by atoms with Crippen molar-refractivity contribution in [2.75, 3.05) is 12.4 Å². The van der Waals surface area contributed by atoms with E-state index in [4.69, 9.17) is 21.4 Å². The van der Waals surface area contributed by atoms with Gasteiger partial charge in [-0.3, -0.25) is 0 Å². The minimum atomic E-state index is -0.551. The fraction of sp³-hybridized carbons (Fsp3) is 0.133. The molecule has 0 bridgehead atoms. The quantitative estimate of drug-likeness (QED) is 0.269. The molecule has 1 aliphatic heterocycles. The minimum Gasteiger partial charge on any atom is -0.497 e. The molecule has 0 saturated heterocycles. The molecule has 0 fully saturated rings. The van der Waals surface area contributed by atoms with E-state index in [0.717, 1.165) is 34.0 Å². The molecule has 7 nitrogen and oxygen atoms in total. The van der Waals surface area contributed by atoms with Crippen molar-refractivity contribution in [3.63, 3.8) is 0 Å². The molecule has 0 saturated carbocycles. The van der Waals surface area contributed by atoms with Crippen LogP contribution in [0.2, 0.25) is 5.02 Å². The lowest BCUT2D eigenvalue weighted by Crippen LogP contribution is -2.38. The van der Waals surface area contributed by atoms with Gasteiger partial charge in [-0.05, 0) is 67.1 Å². The molecular formula is C30H25ClFN5O2. The number of hydrogen-bond donors (Lipinski definition) is 1. The van der Waals surface area contributed by atoms with Gasteiger partial charge in [-0.2, -0.15) is 5.10 Å². The Kier molecular flexibility index (Phi) is 6.32. The fourth-order valence-corrected chi connectivity index (χ4v) is 5.26.